The average molecular weight is 272 g/mol. The van der Waals surface area contributed by atoms with Crippen molar-refractivity contribution >= 4 is 23.2 Å². The van der Waals surface area contributed by atoms with Crippen molar-refractivity contribution < 1.29 is 14.7 Å². The highest BCUT2D eigenvalue weighted by molar-refractivity contribution is 6.47. The van der Waals surface area contributed by atoms with Crippen LogP contribution in [0.25, 0.3) is 0 Å². The first-order chi connectivity index (χ1) is 8.13. The van der Waals surface area contributed by atoms with E-state index < -0.39 is 27.8 Å². The molecule has 1 aromatic heterocycles. The third-order valence-electron chi connectivity index (χ3n) is 2.18. The van der Waals surface area contributed by atoms with Crippen LogP contribution in [-0.4, -0.2) is 21.7 Å². The van der Waals surface area contributed by atoms with Crippen molar-refractivity contribution in [2.45, 2.75) is 27.2 Å². The number of nitrogens with one attached hydrogen (secondary N) is 1. The van der Waals surface area contributed by atoms with Gasteiger partial charge in [-0.15, -0.1) is 0 Å². The number of carbonyl (C=O) groups is 2. The van der Waals surface area contributed by atoms with Crippen LogP contribution < -0.4 is 5.43 Å². The van der Waals surface area contributed by atoms with Gasteiger partial charge < -0.3 is 10.1 Å². The highest BCUT2D eigenvalue weighted by Gasteiger charge is 2.26. The first-order valence-corrected chi connectivity index (χ1v) is 5.69. The van der Waals surface area contributed by atoms with Gasteiger partial charge in [0.2, 0.25) is 17.0 Å². The third kappa shape index (κ3) is 3.20. The average Bonchev–Trinajstić information content (AvgIpc) is 2.23. The summed E-state index contributed by atoms with van der Waals surface area (Å²) in [6.07, 6.45) is 0.983. The molecule has 6 heteroatoms. The van der Waals surface area contributed by atoms with E-state index in [1.807, 2.05) is 20.8 Å². The number of aromatic nitrogens is 1. The van der Waals surface area contributed by atoms with E-state index in [2.05, 4.69) is 4.98 Å². The van der Waals surface area contributed by atoms with Crippen LogP contribution in [0.2, 0.25) is 5.02 Å². The summed E-state index contributed by atoms with van der Waals surface area (Å²) in [4.78, 5) is 37.2. The Balaban J connectivity index is 3.10. The molecule has 0 aliphatic heterocycles. The van der Waals surface area contributed by atoms with E-state index in [1.54, 1.807) is 0 Å². The molecule has 0 radical (unpaired) electrons. The number of hydrogen-bond donors (Lipinski definition) is 2. The van der Waals surface area contributed by atoms with Crippen molar-refractivity contribution in [3.05, 3.63) is 27.1 Å². The maximum absolute atomic E-state index is 11.8. The largest absolute Gasteiger partial charge is 0.503 e. The number of pyridine rings is 1. The van der Waals surface area contributed by atoms with Gasteiger partial charge in [0.15, 0.2) is 5.75 Å². The van der Waals surface area contributed by atoms with E-state index in [4.69, 9.17) is 16.7 Å². The quantitative estimate of drug-likeness (QED) is 0.649. The molecule has 0 aliphatic carbocycles. The van der Waals surface area contributed by atoms with E-state index in [1.165, 1.54) is 0 Å². The van der Waals surface area contributed by atoms with Crippen LogP contribution in [0.1, 0.15) is 37.7 Å². The summed E-state index contributed by atoms with van der Waals surface area (Å²) in [5, 5.41) is 8.64. The summed E-state index contributed by atoms with van der Waals surface area (Å²) in [6.45, 7) is 5.46. The maximum atomic E-state index is 11.8. The first-order valence-electron chi connectivity index (χ1n) is 5.31. The topological polar surface area (TPSA) is 87.2 Å². The molecule has 0 amide bonds. The van der Waals surface area contributed by atoms with E-state index in [9.17, 15) is 14.4 Å². The second-order valence-electron chi connectivity index (χ2n) is 5.18. The van der Waals surface area contributed by atoms with Crippen molar-refractivity contribution in [1.82, 2.24) is 4.98 Å². The van der Waals surface area contributed by atoms with Gasteiger partial charge in [-0.2, -0.15) is 0 Å². The Bertz CT molecular complexity index is 554. The normalized spacial score (nSPS) is 11.3. The summed E-state index contributed by atoms with van der Waals surface area (Å²) in [5.41, 5.74) is -1.49. The molecule has 0 bridgehead atoms. The van der Waals surface area contributed by atoms with Gasteiger partial charge in [0.1, 0.15) is 10.7 Å². The first kappa shape index (κ1) is 14.4. The summed E-state index contributed by atoms with van der Waals surface area (Å²) >= 11 is 5.63. The number of ketones is 2. The molecule has 2 N–H and O–H groups in total. The summed E-state index contributed by atoms with van der Waals surface area (Å²) in [6, 6.07) is 0. The molecule has 0 unspecified atom stereocenters. The van der Waals surface area contributed by atoms with E-state index >= 15 is 0 Å². The Morgan fingerprint density at radius 2 is 1.94 bits per heavy atom. The van der Waals surface area contributed by atoms with Gasteiger partial charge in [0, 0.05) is 12.6 Å². The Hall–Kier alpha value is -1.62. The summed E-state index contributed by atoms with van der Waals surface area (Å²) in [5.74, 6) is -2.09. The standard InChI is InChI=1S/C12H14ClNO4/c1-12(2,3)4-6(15)11(18)9-8(13)10(17)7(16)5-14-9/h5,16H,4H2,1-3H3,(H,14,17). The molecule has 1 aromatic rings. The number of Topliss-reactive ketones (excluding diaryl/α,β-unsaturated/α-hetero) is 2. The third-order valence-corrected chi connectivity index (χ3v) is 2.54. The van der Waals surface area contributed by atoms with Gasteiger partial charge >= 0.3 is 0 Å². The molecule has 0 aliphatic rings. The number of aromatic amines is 1. The number of hydrogen-bond acceptors (Lipinski definition) is 4. The van der Waals surface area contributed by atoms with Crippen LogP contribution in [0.4, 0.5) is 0 Å². The monoisotopic (exact) mass is 271 g/mol. The smallest absolute Gasteiger partial charge is 0.246 e. The number of H-pyrrole nitrogens is 1. The number of aromatic hydroxyl groups is 1. The lowest BCUT2D eigenvalue weighted by Crippen LogP contribution is -2.23. The molecule has 1 heterocycles. The Kier molecular flexibility index (Phi) is 3.96. The molecule has 18 heavy (non-hydrogen) atoms. The molecule has 1 rings (SSSR count). The highest BCUT2D eigenvalue weighted by atomic mass is 35.5. The molecule has 0 atom stereocenters. The summed E-state index contributed by atoms with van der Waals surface area (Å²) < 4.78 is 0. The zero-order valence-corrected chi connectivity index (χ0v) is 11.1. The predicted molar refractivity (Wildman–Crippen MR) is 67.1 cm³/mol. The highest BCUT2D eigenvalue weighted by Crippen LogP contribution is 2.21. The molecular weight excluding hydrogens is 258 g/mol. The lowest BCUT2D eigenvalue weighted by molar-refractivity contribution is -0.116. The van der Waals surface area contributed by atoms with Crippen molar-refractivity contribution in [3.63, 3.8) is 0 Å². The number of rotatable bonds is 3. The molecule has 0 fully saturated rings. The van der Waals surface area contributed by atoms with E-state index in [0.29, 0.717) is 0 Å². The maximum Gasteiger partial charge on any atom is 0.246 e. The Labute approximate surface area is 109 Å². The van der Waals surface area contributed by atoms with Crippen molar-refractivity contribution in [3.8, 4) is 5.75 Å². The minimum absolute atomic E-state index is 0.0467. The second-order valence-corrected chi connectivity index (χ2v) is 5.56. The van der Waals surface area contributed by atoms with E-state index in [0.717, 1.165) is 6.20 Å². The molecule has 0 saturated carbocycles. The van der Waals surface area contributed by atoms with Gasteiger partial charge in [-0.3, -0.25) is 14.4 Å². The number of carbonyl (C=O) groups excluding carboxylic acids is 2. The molecule has 0 spiro atoms. The SMILES string of the molecule is CC(C)(C)CC(=O)C(=O)c1[nH]cc(O)c(=O)c1Cl. The minimum Gasteiger partial charge on any atom is -0.503 e. The lowest BCUT2D eigenvalue weighted by Gasteiger charge is -2.16. The van der Waals surface area contributed by atoms with E-state index in [-0.39, 0.29) is 17.5 Å². The van der Waals surface area contributed by atoms with Gasteiger partial charge in [0.25, 0.3) is 0 Å². The van der Waals surface area contributed by atoms with Crippen molar-refractivity contribution in [2.24, 2.45) is 5.41 Å². The zero-order valence-electron chi connectivity index (χ0n) is 10.3. The molecule has 0 saturated heterocycles. The van der Waals surface area contributed by atoms with Crippen LogP contribution in [0.3, 0.4) is 0 Å². The van der Waals surface area contributed by atoms with Crippen LogP contribution >= 0.6 is 11.6 Å². The van der Waals surface area contributed by atoms with Gasteiger partial charge in [0.05, 0.1) is 0 Å². The summed E-state index contributed by atoms with van der Waals surface area (Å²) in [7, 11) is 0. The van der Waals surface area contributed by atoms with Gasteiger partial charge in [-0.25, -0.2) is 0 Å². The number of halogens is 1. The van der Waals surface area contributed by atoms with Crippen LogP contribution in [0.15, 0.2) is 11.0 Å². The van der Waals surface area contributed by atoms with Gasteiger partial charge in [-0.1, -0.05) is 32.4 Å². The predicted octanol–water partition coefficient (Wildman–Crippen LogP) is 1.92. The lowest BCUT2D eigenvalue weighted by atomic mass is 9.88. The second kappa shape index (κ2) is 4.94. The van der Waals surface area contributed by atoms with Crippen LogP contribution in [0, 0.1) is 5.41 Å². The van der Waals surface area contributed by atoms with Crippen LogP contribution in [-0.2, 0) is 4.79 Å². The fourth-order valence-electron chi connectivity index (χ4n) is 1.36. The minimum atomic E-state index is -0.873. The molecule has 0 aromatic carbocycles. The molecular formula is C12H14ClNO4. The Morgan fingerprint density at radius 1 is 1.39 bits per heavy atom. The van der Waals surface area contributed by atoms with Crippen LogP contribution in [0.5, 0.6) is 5.75 Å². The van der Waals surface area contributed by atoms with Crippen molar-refractivity contribution in [1.29, 1.82) is 0 Å². The van der Waals surface area contributed by atoms with Crippen molar-refractivity contribution in [2.75, 3.05) is 0 Å². The fourth-order valence-corrected chi connectivity index (χ4v) is 1.60. The zero-order chi connectivity index (χ0) is 14.1. The Morgan fingerprint density at radius 3 is 2.44 bits per heavy atom. The fraction of sp³-hybridized carbons (Fsp3) is 0.417. The molecule has 98 valence electrons. The molecule has 5 nitrogen and oxygen atoms in total. The van der Waals surface area contributed by atoms with Gasteiger partial charge in [-0.05, 0) is 5.41 Å².